The zero-order chi connectivity index (χ0) is 2.71. The van der Waals surface area contributed by atoms with Crippen LogP contribution in [0.4, 0.5) is 0 Å². The van der Waals surface area contributed by atoms with Gasteiger partial charge in [0.05, 0.1) is 6.07 Å². The molecule has 0 radical (unpaired) electrons. The van der Waals surface area contributed by atoms with Gasteiger partial charge < -0.3 is 0 Å². The standard InChI is InChI=1S/C2H3N.Ca/c1-2-3;/h1H3;/q;+2. The van der Waals surface area contributed by atoms with Gasteiger partial charge in [-0.05, 0) is 0 Å². The summed E-state index contributed by atoms with van der Waals surface area (Å²) in [6.07, 6.45) is 0. The average molecular weight is 81.1 g/mol. The van der Waals surface area contributed by atoms with Crippen molar-refractivity contribution >= 4 is 37.7 Å². The molecular formula is C2H3CaN+2. The molecule has 0 saturated carbocycles. The van der Waals surface area contributed by atoms with Crippen molar-refractivity contribution in [2.45, 2.75) is 6.92 Å². The van der Waals surface area contributed by atoms with Crippen LogP contribution in [0.2, 0.25) is 0 Å². The van der Waals surface area contributed by atoms with Crippen LogP contribution in [0.15, 0.2) is 0 Å². The molecular weight excluding hydrogens is 78.1 g/mol. The van der Waals surface area contributed by atoms with Crippen molar-refractivity contribution in [3.63, 3.8) is 0 Å². The maximum atomic E-state index is 7.32. The molecule has 0 aliphatic heterocycles. The third kappa shape index (κ3) is 15.0. The zero-order valence-electron chi connectivity index (χ0n) is 2.65. The largest absolute Gasteiger partial charge is 2.00 e. The Morgan fingerprint density at radius 2 is 1.75 bits per heavy atom. The Labute approximate surface area is 55.6 Å². The topological polar surface area (TPSA) is 23.8 Å². The second-order valence-electron chi connectivity index (χ2n) is 0.224. The third-order valence-corrected chi connectivity index (χ3v) is 0. The molecule has 0 aromatic heterocycles. The minimum absolute atomic E-state index is 0. The number of nitriles is 1. The molecule has 0 fully saturated rings. The van der Waals surface area contributed by atoms with Crippen molar-refractivity contribution in [1.29, 1.82) is 5.26 Å². The van der Waals surface area contributed by atoms with Gasteiger partial charge in [0.2, 0.25) is 0 Å². The minimum atomic E-state index is 0. The van der Waals surface area contributed by atoms with Crippen LogP contribution < -0.4 is 0 Å². The Morgan fingerprint density at radius 1 is 1.75 bits per heavy atom. The van der Waals surface area contributed by atoms with E-state index in [4.69, 9.17) is 5.26 Å². The van der Waals surface area contributed by atoms with Crippen molar-refractivity contribution in [3.8, 4) is 6.07 Å². The molecule has 1 nitrogen and oxygen atoms in total. The van der Waals surface area contributed by atoms with Crippen molar-refractivity contribution < 1.29 is 0 Å². The summed E-state index contributed by atoms with van der Waals surface area (Å²) in [6, 6.07) is 1.75. The van der Waals surface area contributed by atoms with Gasteiger partial charge in [0.1, 0.15) is 0 Å². The van der Waals surface area contributed by atoms with Crippen LogP contribution in [-0.4, -0.2) is 37.7 Å². The molecule has 0 aliphatic carbocycles. The molecule has 0 bridgehead atoms. The smallest absolute Gasteiger partial charge is 0.199 e. The van der Waals surface area contributed by atoms with E-state index in [9.17, 15) is 0 Å². The molecule has 4 heavy (non-hydrogen) atoms. The number of nitrogens with zero attached hydrogens (tertiary/aromatic N) is 1. The van der Waals surface area contributed by atoms with E-state index < -0.39 is 0 Å². The summed E-state index contributed by atoms with van der Waals surface area (Å²) in [5.74, 6) is 0. The van der Waals surface area contributed by atoms with Crippen LogP contribution in [0, 0.1) is 11.3 Å². The summed E-state index contributed by atoms with van der Waals surface area (Å²) in [5, 5.41) is 7.32. The Balaban J connectivity index is 0. The quantitative estimate of drug-likeness (QED) is 0.381. The second-order valence-corrected chi connectivity index (χ2v) is 0.224. The molecule has 0 rings (SSSR count). The monoisotopic (exact) mass is 81.0 g/mol. The predicted molar refractivity (Wildman–Crippen MR) is 17.0 cm³/mol. The SMILES string of the molecule is CC#N.[Ca+2]. The summed E-state index contributed by atoms with van der Waals surface area (Å²) in [4.78, 5) is 0. The molecule has 0 spiro atoms. The molecule has 0 amide bonds. The zero-order valence-corrected chi connectivity index (χ0v) is 4.86. The minimum Gasteiger partial charge on any atom is -0.199 e. The molecule has 0 unspecified atom stereocenters. The van der Waals surface area contributed by atoms with Gasteiger partial charge in [-0.3, -0.25) is 0 Å². The van der Waals surface area contributed by atoms with Gasteiger partial charge in [-0.15, -0.1) is 0 Å². The number of hydrogen-bond acceptors (Lipinski definition) is 1. The summed E-state index contributed by atoms with van der Waals surface area (Å²) in [6.45, 7) is 1.43. The van der Waals surface area contributed by atoms with Gasteiger partial charge in [0.25, 0.3) is 0 Å². The molecule has 0 saturated heterocycles. The van der Waals surface area contributed by atoms with Crippen molar-refractivity contribution in [2.24, 2.45) is 0 Å². The van der Waals surface area contributed by atoms with E-state index in [-0.39, 0.29) is 37.7 Å². The Morgan fingerprint density at radius 3 is 1.75 bits per heavy atom. The Hall–Kier alpha value is 0.750. The average Bonchev–Trinajstić information content (AvgIpc) is 0.918. The summed E-state index contributed by atoms with van der Waals surface area (Å²) < 4.78 is 0. The van der Waals surface area contributed by atoms with Gasteiger partial charge in [0, 0.05) is 6.92 Å². The van der Waals surface area contributed by atoms with E-state index in [1.807, 2.05) is 0 Å². The van der Waals surface area contributed by atoms with Crippen LogP contribution in [0.1, 0.15) is 6.92 Å². The molecule has 16 valence electrons. The van der Waals surface area contributed by atoms with Gasteiger partial charge in [0.15, 0.2) is 0 Å². The van der Waals surface area contributed by atoms with E-state index in [1.54, 1.807) is 6.07 Å². The third-order valence-electron chi connectivity index (χ3n) is 0. The van der Waals surface area contributed by atoms with Crippen molar-refractivity contribution in [3.05, 3.63) is 0 Å². The fraction of sp³-hybridized carbons (Fsp3) is 0.500. The van der Waals surface area contributed by atoms with E-state index in [0.717, 1.165) is 0 Å². The molecule has 0 aromatic rings. The Kier molecular flexibility index (Phi) is 20.4. The first-order valence-corrected chi connectivity index (χ1v) is 0.724. The molecule has 0 aliphatic rings. The molecule has 0 heterocycles. The molecule has 0 atom stereocenters. The van der Waals surface area contributed by atoms with Crippen LogP contribution in [0.5, 0.6) is 0 Å². The van der Waals surface area contributed by atoms with E-state index in [0.29, 0.717) is 0 Å². The van der Waals surface area contributed by atoms with Gasteiger partial charge in [-0.25, -0.2) is 0 Å². The molecule has 2 heteroatoms. The van der Waals surface area contributed by atoms with E-state index in [2.05, 4.69) is 0 Å². The first-order valence-electron chi connectivity index (χ1n) is 0.724. The van der Waals surface area contributed by atoms with Gasteiger partial charge >= 0.3 is 37.7 Å². The maximum absolute atomic E-state index is 7.32. The van der Waals surface area contributed by atoms with Gasteiger partial charge in [-0.2, -0.15) is 5.26 Å². The fourth-order valence-corrected chi connectivity index (χ4v) is 0. The summed E-state index contributed by atoms with van der Waals surface area (Å²) in [7, 11) is 0. The summed E-state index contributed by atoms with van der Waals surface area (Å²) >= 11 is 0. The molecule has 0 N–H and O–H groups in total. The number of rotatable bonds is 0. The number of hydrogen-bond donors (Lipinski definition) is 0. The van der Waals surface area contributed by atoms with Gasteiger partial charge in [-0.1, -0.05) is 0 Å². The molecule has 0 aromatic carbocycles. The fourth-order valence-electron chi connectivity index (χ4n) is 0. The second kappa shape index (κ2) is 9.26. The predicted octanol–water partition coefficient (Wildman–Crippen LogP) is 0.149. The van der Waals surface area contributed by atoms with E-state index >= 15 is 0 Å². The van der Waals surface area contributed by atoms with Crippen LogP contribution >= 0.6 is 0 Å². The van der Waals surface area contributed by atoms with Crippen LogP contribution in [0.25, 0.3) is 0 Å². The van der Waals surface area contributed by atoms with Crippen LogP contribution in [-0.2, 0) is 0 Å². The normalized spacial score (nSPS) is 2.00. The maximum Gasteiger partial charge on any atom is 2.00 e. The first kappa shape index (κ1) is 8.83. The van der Waals surface area contributed by atoms with Crippen molar-refractivity contribution in [1.82, 2.24) is 0 Å². The first-order chi connectivity index (χ1) is 1.41. The van der Waals surface area contributed by atoms with Crippen LogP contribution in [0.3, 0.4) is 0 Å². The van der Waals surface area contributed by atoms with Crippen molar-refractivity contribution in [2.75, 3.05) is 0 Å². The van der Waals surface area contributed by atoms with E-state index in [1.165, 1.54) is 6.92 Å². The Bertz CT molecular complexity index is 27.5. The summed E-state index contributed by atoms with van der Waals surface area (Å²) in [5.41, 5.74) is 0.